The fourth-order valence-electron chi connectivity index (χ4n) is 2.28. The highest BCUT2D eigenvalue weighted by Crippen LogP contribution is 2.24. The van der Waals surface area contributed by atoms with Crippen molar-refractivity contribution in [3.8, 4) is 11.4 Å². The molecular weight excluding hydrogens is 398 g/mol. The van der Waals surface area contributed by atoms with E-state index in [2.05, 4.69) is 32.6 Å². The van der Waals surface area contributed by atoms with Gasteiger partial charge in [0.1, 0.15) is 0 Å². The van der Waals surface area contributed by atoms with E-state index in [9.17, 15) is 4.79 Å². The Hall–Kier alpha value is -2.18. The highest BCUT2D eigenvalue weighted by Gasteiger charge is 2.14. The van der Waals surface area contributed by atoms with Crippen molar-refractivity contribution in [3.63, 3.8) is 0 Å². The Morgan fingerprint density at radius 2 is 1.88 bits per heavy atom. The number of hydrogen-bond donors (Lipinski definition) is 0. The molecule has 3 aromatic rings. The van der Waals surface area contributed by atoms with E-state index < -0.39 is 0 Å². The third kappa shape index (κ3) is 4.46. The highest BCUT2D eigenvalue weighted by atomic mass is 79.9. The van der Waals surface area contributed by atoms with Crippen molar-refractivity contribution in [2.75, 3.05) is 5.75 Å². The van der Waals surface area contributed by atoms with E-state index in [1.54, 1.807) is 10.8 Å². The topological polar surface area (TPSA) is 47.8 Å². The number of carbonyl (C=O) groups is 1. The van der Waals surface area contributed by atoms with Crippen molar-refractivity contribution in [3.05, 3.63) is 77.3 Å². The summed E-state index contributed by atoms with van der Waals surface area (Å²) >= 11 is 4.78. The van der Waals surface area contributed by atoms with Gasteiger partial charge in [0.05, 0.1) is 12.3 Å². The monoisotopic (exact) mass is 413 g/mol. The van der Waals surface area contributed by atoms with E-state index in [1.165, 1.54) is 11.8 Å². The summed E-state index contributed by atoms with van der Waals surface area (Å²) in [4.78, 5) is 16.8. The van der Waals surface area contributed by atoms with E-state index in [1.807, 2.05) is 54.6 Å². The molecule has 25 heavy (non-hydrogen) atoms. The lowest BCUT2D eigenvalue weighted by atomic mass is 10.2. The summed E-state index contributed by atoms with van der Waals surface area (Å²) < 4.78 is 2.81. The first-order chi connectivity index (χ1) is 12.2. The average molecular weight is 414 g/mol. The molecule has 4 nitrogen and oxygen atoms in total. The maximum atomic E-state index is 12.2. The number of halogens is 1. The van der Waals surface area contributed by atoms with E-state index in [4.69, 9.17) is 0 Å². The van der Waals surface area contributed by atoms with Gasteiger partial charge in [-0.05, 0) is 12.1 Å². The van der Waals surface area contributed by atoms with Gasteiger partial charge in [-0.3, -0.25) is 4.79 Å². The molecule has 1 aromatic heterocycles. The van der Waals surface area contributed by atoms with Crippen LogP contribution < -0.4 is 0 Å². The molecule has 0 atom stereocenters. The minimum absolute atomic E-state index is 0.0656. The number of benzene rings is 2. The van der Waals surface area contributed by atoms with Gasteiger partial charge in [-0.1, -0.05) is 76.2 Å². The maximum Gasteiger partial charge on any atom is 0.209 e. The number of rotatable bonds is 7. The van der Waals surface area contributed by atoms with Crippen molar-refractivity contribution in [2.24, 2.45) is 0 Å². The SMILES string of the molecule is C=CCn1nc(SCC(=O)c2ccccc2)nc1-c1ccc(Br)cc1. The van der Waals surface area contributed by atoms with Crippen molar-refractivity contribution >= 4 is 33.5 Å². The quantitative estimate of drug-likeness (QED) is 0.315. The van der Waals surface area contributed by atoms with Gasteiger partial charge in [0.15, 0.2) is 11.6 Å². The van der Waals surface area contributed by atoms with Crippen LogP contribution in [0.4, 0.5) is 0 Å². The molecule has 0 unspecified atom stereocenters. The first-order valence-electron chi connectivity index (χ1n) is 7.70. The largest absolute Gasteiger partial charge is 0.293 e. The molecule has 3 rings (SSSR count). The molecular formula is C19H16BrN3OS. The molecule has 2 aromatic carbocycles. The van der Waals surface area contributed by atoms with Crippen LogP contribution in [0.1, 0.15) is 10.4 Å². The lowest BCUT2D eigenvalue weighted by Crippen LogP contribution is -2.02. The summed E-state index contributed by atoms with van der Waals surface area (Å²) in [6.45, 7) is 4.33. The van der Waals surface area contributed by atoms with Gasteiger partial charge in [0.2, 0.25) is 5.16 Å². The number of thioether (sulfide) groups is 1. The third-order valence-corrected chi connectivity index (χ3v) is 4.85. The molecule has 0 saturated heterocycles. The van der Waals surface area contributed by atoms with E-state index in [-0.39, 0.29) is 5.78 Å². The van der Waals surface area contributed by atoms with Gasteiger partial charge >= 0.3 is 0 Å². The summed E-state index contributed by atoms with van der Waals surface area (Å²) in [7, 11) is 0. The molecule has 126 valence electrons. The van der Waals surface area contributed by atoms with Crippen LogP contribution in [0.3, 0.4) is 0 Å². The molecule has 0 bridgehead atoms. The van der Waals surface area contributed by atoms with Crippen molar-refractivity contribution in [1.29, 1.82) is 0 Å². The molecule has 0 saturated carbocycles. The van der Waals surface area contributed by atoms with Gasteiger partial charge < -0.3 is 0 Å². The lowest BCUT2D eigenvalue weighted by molar-refractivity contribution is 0.102. The second-order valence-electron chi connectivity index (χ2n) is 5.27. The van der Waals surface area contributed by atoms with Gasteiger partial charge in [-0.15, -0.1) is 11.7 Å². The Labute approximate surface area is 159 Å². The van der Waals surface area contributed by atoms with E-state index in [0.29, 0.717) is 23.0 Å². The molecule has 0 amide bonds. The molecule has 1 heterocycles. The molecule has 0 radical (unpaired) electrons. The fraction of sp³-hybridized carbons (Fsp3) is 0.105. The van der Waals surface area contributed by atoms with Crippen LogP contribution in [0.25, 0.3) is 11.4 Å². The Morgan fingerprint density at radius 3 is 2.56 bits per heavy atom. The number of allylic oxidation sites excluding steroid dienone is 1. The molecule has 0 fully saturated rings. The lowest BCUT2D eigenvalue weighted by Gasteiger charge is -2.02. The minimum Gasteiger partial charge on any atom is -0.293 e. The van der Waals surface area contributed by atoms with Crippen LogP contribution in [0.5, 0.6) is 0 Å². The van der Waals surface area contributed by atoms with Crippen LogP contribution in [-0.4, -0.2) is 26.3 Å². The smallest absolute Gasteiger partial charge is 0.209 e. The standard InChI is InChI=1S/C19H16BrN3OS/c1-2-12-23-18(15-8-10-16(20)11-9-15)21-19(22-23)25-13-17(24)14-6-4-3-5-7-14/h2-11H,1,12-13H2. The Balaban J connectivity index is 1.78. The van der Waals surface area contributed by atoms with Gasteiger partial charge in [0, 0.05) is 15.6 Å². The summed E-state index contributed by atoms with van der Waals surface area (Å²) in [6.07, 6.45) is 1.78. The molecule has 0 spiro atoms. The number of aromatic nitrogens is 3. The Morgan fingerprint density at radius 1 is 1.16 bits per heavy atom. The summed E-state index contributed by atoms with van der Waals surface area (Å²) in [5, 5.41) is 5.08. The third-order valence-electron chi connectivity index (χ3n) is 3.48. The van der Waals surface area contributed by atoms with Crippen molar-refractivity contribution in [1.82, 2.24) is 14.8 Å². The van der Waals surface area contributed by atoms with Crippen molar-refractivity contribution < 1.29 is 4.79 Å². The number of ketones is 1. The number of nitrogens with zero attached hydrogens (tertiary/aromatic N) is 3. The number of carbonyl (C=O) groups excluding carboxylic acids is 1. The van der Waals surface area contributed by atoms with Crippen molar-refractivity contribution in [2.45, 2.75) is 11.7 Å². The van der Waals surface area contributed by atoms with E-state index >= 15 is 0 Å². The van der Waals surface area contributed by atoms with Gasteiger partial charge in [-0.25, -0.2) is 9.67 Å². The number of Topliss-reactive ketones (excluding diaryl/α,β-unsaturated/α-hetero) is 1. The number of hydrogen-bond acceptors (Lipinski definition) is 4. The van der Waals surface area contributed by atoms with Crippen LogP contribution >= 0.6 is 27.7 Å². The average Bonchev–Trinajstić information content (AvgIpc) is 3.04. The normalized spacial score (nSPS) is 10.6. The molecule has 0 aliphatic rings. The molecule has 6 heteroatoms. The van der Waals surface area contributed by atoms with Gasteiger partial charge in [0.25, 0.3) is 0 Å². The molecule has 0 N–H and O–H groups in total. The summed E-state index contributed by atoms with van der Waals surface area (Å²) in [5.74, 6) is 1.14. The highest BCUT2D eigenvalue weighted by molar-refractivity contribution is 9.10. The Bertz CT molecular complexity index is 875. The summed E-state index contributed by atoms with van der Waals surface area (Å²) in [6, 6.07) is 17.2. The second-order valence-corrected chi connectivity index (χ2v) is 7.13. The van der Waals surface area contributed by atoms with Crippen LogP contribution in [0, 0.1) is 0 Å². The summed E-state index contributed by atoms with van der Waals surface area (Å²) in [5.41, 5.74) is 1.67. The van der Waals surface area contributed by atoms with E-state index in [0.717, 1.165) is 15.9 Å². The minimum atomic E-state index is 0.0656. The predicted molar refractivity (Wildman–Crippen MR) is 105 cm³/mol. The predicted octanol–water partition coefficient (Wildman–Crippen LogP) is 4.87. The first-order valence-corrected chi connectivity index (χ1v) is 9.48. The first kappa shape index (κ1) is 17.6. The van der Waals surface area contributed by atoms with Crippen LogP contribution in [-0.2, 0) is 6.54 Å². The second kappa shape index (κ2) is 8.27. The van der Waals surface area contributed by atoms with Crippen LogP contribution in [0.15, 0.2) is 76.9 Å². The van der Waals surface area contributed by atoms with Crippen LogP contribution in [0.2, 0.25) is 0 Å². The fourth-order valence-corrected chi connectivity index (χ4v) is 3.28. The molecule has 0 aliphatic heterocycles. The van der Waals surface area contributed by atoms with Gasteiger partial charge in [-0.2, -0.15) is 0 Å². The molecule has 0 aliphatic carbocycles. The zero-order chi connectivity index (χ0) is 17.6. The maximum absolute atomic E-state index is 12.2. The Kier molecular flexibility index (Phi) is 5.83. The zero-order valence-corrected chi connectivity index (χ0v) is 15.8. The zero-order valence-electron chi connectivity index (χ0n) is 13.4.